The van der Waals surface area contributed by atoms with Gasteiger partial charge in [-0.1, -0.05) is 6.07 Å². The van der Waals surface area contributed by atoms with Crippen LogP contribution in [0.3, 0.4) is 0 Å². The number of benzene rings is 1. The molecule has 4 nitrogen and oxygen atoms in total. The maximum atomic E-state index is 12.8. The van der Waals surface area contributed by atoms with Crippen molar-refractivity contribution in [1.29, 1.82) is 0 Å². The molecule has 0 amide bonds. The Morgan fingerprint density at radius 1 is 1.21 bits per heavy atom. The molecule has 2 fully saturated rings. The molecule has 1 N–H and O–H groups in total. The number of hydrogen-bond acceptors (Lipinski definition) is 4. The zero-order valence-electron chi connectivity index (χ0n) is 13.6. The molecule has 0 spiro atoms. The highest BCUT2D eigenvalue weighted by molar-refractivity contribution is 7.12. The number of thiophene rings is 1. The van der Waals surface area contributed by atoms with Gasteiger partial charge in [0.05, 0.1) is 5.52 Å². The lowest BCUT2D eigenvalue weighted by atomic mass is 10.1. The molecule has 2 aromatic heterocycles. The monoisotopic (exact) mass is 337 g/mol. The number of nitrogens with zero attached hydrogens (tertiary/aromatic N) is 2. The summed E-state index contributed by atoms with van der Waals surface area (Å²) in [6, 6.07) is 9.07. The van der Waals surface area contributed by atoms with E-state index in [2.05, 4.69) is 34.6 Å². The smallest absolute Gasteiger partial charge is 0.355 e. The normalized spacial score (nSPS) is 17.4. The molecule has 3 aromatic rings. The summed E-state index contributed by atoms with van der Waals surface area (Å²) in [6.45, 7) is 2.05. The fraction of sp³-hybridized carbons (Fsp3) is 0.368. The Labute approximate surface area is 144 Å². The Hall–Kier alpha value is -2.14. The number of fused-ring (bicyclic) bond motifs is 1. The standard InChI is InChI=1S/C19H19N3OS/c1-11-8-9-24-18(11)22-16-10-13(12-2-3-12)4-7-15(16)17(21-19(22)23)20-14-5-6-14/h4,7-10,12,14H,2-3,5-6H2,1H3,(H,20,21,23). The van der Waals surface area contributed by atoms with Crippen molar-refractivity contribution in [3.05, 3.63) is 51.3 Å². The molecule has 0 atom stereocenters. The highest BCUT2D eigenvalue weighted by Crippen LogP contribution is 2.41. The average Bonchev–Trinajstić information content (AvgIpc) is 3.48. The molecule has 0 bridgehead atoms. The summed E-state index contributed by atoms with van der Waals surface area (Å²) >= 11 is 1.60. The lowest BCUT2D eigenvalue weighted by Crippen LogP contribution is -2.24. The van der Waals surface area contributed by atoms with Gasteiger partial charge in [-0.3, -0.25) is 4.57 Å². The van der Waals surface area contributed by atoms with E-state index >= 15 is 0 Å². The molecule has 5 rings (SSSR count). The zero-order valence-corrected chi connectivity index (χ0v) is 14.4. The van der Waals surface area contributed by atoms with E-state index in [0.29, 0.717) is 12.0 Å². The summed E-state index contributed by atoms with van der Waals surface area (Å²) in [5.41, 5.74) is 3.25. The highest BCUT2D eigenvalue weighted by atomic mass is 32.1. The maximum absolute atomic E-state index is 12.8. The van der Waals surface area contributed by atoms with Gasteiger partial charge < -0.3 is 5.32 Å². The van der Waals surface area contributed by atoms with E-state index in [1.807, 2.05) is 12.3 Å². The molecule has 24 heavy (non-hydrogen) atoms. The number of hydrogen-bond donors (Lipinski definition) is 1. The van der Waals surface area contributed by atoms with Gasteiger partial charge in [0.25, 0.3) is 0 Å². The molecule has 2 aliphatic rings. The molecule has 2 aliphatic carbocycles. The minimum atomic E-state index is -0.191. The summed E-state index contributed by atoms with van der Waals surface area (Å²) in [5, 5.41) is 7.48. The third-order valence-corrected chi connectivity index (χ3v) is 5.92. The van der Waals surface area contributed by atoms with Crippen LogP contribution in [0.5, 0.6) is 0 Å². The van der Waals surface area contributed by atoms with Crippen LogP contribution >= 0.6 is 11.3 Å². The first-order valence-corrected chi connectivity index (χ1v) is 9.46. The largest absolute Gasteiger partial charge is 0.367 e. The van der Waals surface area contributed by atoms with Crippen LogP contribution in [0.4, 0.5) is 5.82 Å². The van der Waals surface area contributed by atoms with E-state index in [0.717, 1.165) is 40.1 Å². The van der Waals surface area contributed by atoms with Crippen molar-refractivity contribution in [1.82, 2.24) is 9.55 Å². The fourth-order valence-corrected chi connectivity index (χ4v) is 4.17. The van der Waals surface area contributed by atoms with E-state index in [4.69, 9.17) is 0 Å². The lowest BCUT2D eigenvalue weighted by molar-refractivity contribution is 0.957. The van der Waals surface area contributed by atoms with Crippen LogP contribution in [0, 0.1) is 6.92 Å². The first-order chi connectivity index (χ1) is 11.7. The van der Waals surface area contributed by atoms with Crippen molar-refractivity contribution in [3.63, 3.8) is 0 Å². The first-order valence-electron chi connectivity index (χ1n) is 8.58. The van der Waals surface area contributed by atoms with Crippen LogP contribution in [-0.2, 0) is 0 Å². The first kappa shape index (κ1) is 14.2. The van der Waals surface area contributed by atoms with Crippen molar-refractivity contribution >= 4 is 28.1 Å². The van der Waals surface area contributed by atoms with Crippen LogP contribution in [0.2, 0.25) is 0 Å². The summed E-state index contributed by atoms with van der Waals surface area (Å²) < 4.78 is 1.79. The molecule has 1 aromatic carbocycles. The van der Waals surface area contributed by atoms with E-state index < -0.39 is 0 Å². The molecule has 2 saturated carbocycles. The number of rotatable bonds is 4. The van der Waals surface area contributed by atoms with Gasteiger partial charge in [-0.25, -0.2) is 4.79 Å². The third kappa shape index (κ3) is 2.35. The summed E-state index contributed by atoms with van der Waals surface area (Å²) in [7, 11) is 0. The SMILES string of the molecule is Cc1ccsc1-n1c(=O)nc(NC2CC2)c2ccc(C3CC3)cc21. The molecule has 0 unspecified atom stereocenters. The molecule has 0 aliphatic heterocycles. The number of anilines is 1. The minimum Gasteiger partial charge on any atom is -0.367 e. The second kappa shape index (κ2) is 5.18. The van der Waals surface area contributed by atoms with E-state index in [9.17, 15) is 4.79 Å². The van der Waals surface area contributed by atoms with Gasteiger partial charge in [0.1, 0.15) is 10.8 Å². The summed E-state index contributed by atoms with van der Waals surface area (Å²) in [4.78, 5) is 17.2. The number of aryl methyl sites for hydroxylation is 1. The van der Waals surface area contributed by atoms with Crippen LogP contribution < -0.4 is 11.0 Å². The van der Waals surface area contributed by atoms with Crippen LogP contribution in [0.25, 0.3) is 15.9 Å². The van der Waals surface area contributed by atoms with Gasteiger partial charge in [-0.15, -0.1) is 11.3 Å². The Bertz CT molecular complexity index is 996. The van der Waals surface area contributed by atoms with Crippen LogP contribution in [-0.4, -0.2) is 15.6 Å². The van der Waals surface area contributed by atoms with Gasteiger partial charge in [0, 0.05) is 11.4 Å². The molecular weight excluding hydrogens is 318 g/mol. The van der Waals surface area contributed by atoms with Crippen molar-refractivity contribution in [2.75, 3.05) is 5.32 Å². The van der Waals surface area contributed by atoms with Crippen LogP contribution in [0.15, 0.2) is 34.4 Å². The second-order valence-corrected chi connectivity index (χ2v) is 7.85. The Morgan fingerprint density at radius 2 is 2.04 bits per heavy atom. The summed E-state index contributed by atoms with van der Waals surface area (Å²) in [5.74, 6) is 1.40. The molecular formula is C19H19N3OS. The Morgan fingerprint density at radius 3 is 2.71 bits per heavy atom. The molecule has 0 saturated heterocycles. The van der Waals surface area contributed by atoms with Gasteiger partial charge >= 0.3 is 5.69 Å². The lowest BCUT2D eigenvalue weighted by Gasteiger charge is -2.14. The third-order valence-electron chi connectivity index (χ3n) is 4.92. The van der Waals surface area contributed by atoms with Gasteiger partial charge in [-0.05, 0) is 73.2 Å². The predicted octanol–water partition coefficient (Wildman–Crippen LogP) is 4.21. The van der Waals surface area contributed by atoms with Crippen molar-refractivity contribution < 1.29 is 0 Å². The second-order valence-electron chi connectivity index (χ2n) is 6.96. The average molecular weight is 337 g/mol. The quantitative estimate of drug-likeness (QED) is 0.776. The molecule has 122 valence electrons. The zero-order chi connectivity index (χ0) is 16.3. The predicted molar refractivity (Wildman–Crippen MR) is 98.6 cm³/mol. The Balaban J connectivity index is 1.80. The van der Waals surface area contributed by atoms with Crippen LogP contribution in [0.1, 0.15) is 42.7 Å². The van der Waals surface area contributed by atoms with Gasteiger partial charge in [0.2, 0.25) is 0 Å². The number of nitrogens with one attached hydrogen (secondary N) is 1. The summed E-state index contributed by atoms with van der Waals surface area (Å²) in [6.07, 6.45) is 4.84. The Kier molecular flexibility index (Phi) is 3.07. The van der Waals surface area contributed by atoms with Crippen molar-refractivity contribution in [2.45, 2.75) is 44.6 Å². The highest BCUT2D eigenvalue weighted by Gasteiger charge is 2.26. The minimum absolute atomic E-state index is 0.191. The van der Waals surface area contributed by atoms with E-state index in [1.165, 1.54) is 18.4 Å². The number of aromatic nitrogens is 2. The maximum Gasteiger partial charge on any atom is 0.355 e. The molecule has 2 heterocycles. The van der Waals surface area contributed by atoms with E-state index in [1.54, 1.807) is 15.9 Å². The fourth-order valence-electron chi connectivity index (χ4n) is 3.23. The van der Waals surface area contributed by atoms with Gasteiger partial charge in [0.15, 0.2) is 0 Å². The molecule has 5 heteroatoms. The topological polar surface area (TPSA) is 46.9 Å². The van der Waals surface area contributed by atoms with Crippen molar-refractivity contribution in [2.24, 2.45) is 0 Å². The van der Waals surface area contributed by atoms with E-state index in [-0.39, 0.29) is 5.69 Å². The molecule has 0 radical (unpaired) electrons. The van der Waals surface area contributed by atoms with Gasteiger partial charge in [-0.2, -0.15) is 4.98 Å². The van der Waals surface area contributed by atoms with Crippen molar-refractivity contribution in [3.8, 4) is 5.00 Å².